The maximum Gasteiger partial charge on any atom is 0.135 e. The van der Waals surface area contributed by atoms with Gasteiger partial charge in [0.05, 0.1) is 0 Å². The second-order valence-electron chi connectivity index (χ2n) is 5.39. The zero-order chi connectivity index (χ0) is 12.4. The van der Waals surface area contributed by atoms with E-state index in [1.165, 1.54) is 12.8 Å². The highest BCUT2D eigenvalue weighted by molar-refractivity contribution is 5.44. The first-order chi connectivity index (χ1) is 8.06. The normalized spacial score (nSPS) is 17.2. The van der Waals surface area contributed by atoms with Crippen LogP contribution >= 0.6 is 0 Å². The lowest BCUT2D eigenvalue weighted by Crippen LogP contribution is -2.15. The van der Waals surface area contributed by atoms with E-state index < -0.39 is 0 Å². The van der Waals surface area contributed by atoms with Gasteiger partial charge in [0.2, 0.25) is 0 Å². The Morgan fingerprint density at radius 3 is 2.65 bits per heavy atom. The summed E-state index contributed by atoms with van der Waals surface area (Å²) < 4.78 is 0. The van der Waals surface area contributed by atoms with Crippen LogP contribution in [-0.2, 0) is 0 Å². The Morgan fingerprint density at radius 2 is 2.06 bits per heavy atom. The minimum atomic E-state index is 0.305. The molecule has 17 heavy (non-hydrogen) atoms. The SMILES string of the molecule is CC(C)c1nc(N)cc(NCC(C)C2CC2)n1. The minimum absolute atomic E-state index is 0.305. The van der Waals surface area contributed by atoms with Crippen LogP contribution in [0.3, 0.4) is 0 Å². The van der Waals surface area contributed by atoms with Crippen molar-refractivity contribution in [3.05, 3.63) is 11.9 Å². The molecule has 1 aromatic heterocycles. The summed E-state index contributed by atoms with van der Waals surface area (Å²) in [7, 11) is 0. The molecule has 0 aliphatic heterocycles. The minimum Gasteiger partial charge on any atom is -0.384 e. The van der Waals surface area contributed by atoms with Gasteiger partial charge < -0.3 is 11.1 Å². The zero-order valence-corrected chi connectivity index (χ0v) is 10.9. The number of rotatable bonds is 5. The number of anilines is 2. The van der Waals surface area contributed by atoms with Crippen LogP contribution in [0.1, 0.15) is 45.4 Å². The summed E-state index contributed by atoms with van der Waals surface area (Å²) in [5, 5.41) is 3.37. The molecule has 1 aliphatic carbocycles. The smallest absolute Gasteiger partial charge is 0.135 e. The van der Waals surface area contributed by atoms with Crippen molar-refractivity contribution in [1.82, 2.24) is 9.97 Å². The lowest BCUT2D eigenvalue weighted by molar-refractivity contribution is 0.535. The molecule has 0 aromatic carbocycles. The van der Waals surface area contributed by atoms with E-state index in [-0.39, 0.29) is 0 Å². The summed E-state index contributed by atoms with van der Waals surface area (Å²) in [4.78, 5) is 8.72. The van der Waals surface area contributed by atoms with E-state index in [4.69, 9.17) is 5.73 Å². The quantitative estimate of drug-likeness (QED) is 0.822. The van der Waals surface area contributed by atoms with Gasteiger partial charge in [-0.15, -0.1) is 0 Å². The van der Waals surface area contributed by atoms with Crippen molar-refractivity contribution in [2.45, 2.75) is 39.5 Å². The summed E-state index contributed by atoms with van der Waals surface area (Å²) in [6, 6.07) is 1.81. The first-order valence-corrected chi connectivity index (χ1v) is 6.44. The first-order valence-electron chi connectivity index (χ1n) is 6.44. The zero-order valence-electron chi connectivity index (χ0n) is 10.9. The molecule has 1 saturated carbocycles. The standard InChI is InChI=1S/C13H22N4/c1-8(2)13-16-11(14)6-12(17-13)15-7-9(3)10-4-5-10/h6,8-10H,4-5,7H2,1-3H3,(H3,14,15,16,17). The van der Waals surface area contributed by atoms with Gasteiger partial charge in [0.15, 0.2) is 0 Å². The fourth-order valence-corrected chi connectivity index (χ4v) is 1.93. The number of nitrogens with one attached hydrogen (secondary N) is 1. The molecule has 0 radical (unpaired) electrons. The lowest BCUT2D eigenvalue weighted by atomic mass is 10.1. The van der Waals surface area contributed by atoms with Gasteiger partial charge in [-0.25, -0.2) is 9.97 Å². The van der Waals surface area contributed by atoms with Crippen LogP contribution in [0, 0.1) is 11.8 Å². The highest BCUT2D eigenvalue weighted by Crippen LogP contribution is 2.36. The molecule has 0 amide bonds. The maximum absolute atomic E-state index is 5.78. The highest BCUT2D eigenvalue weighted by Gasteiger charge is 2.27. The fraction of sp³-hybridized carbons (Fsp3) is 0.692. The molecule has 1 atom stereocenters. The van der Waals surface area contributed by atoms with Gasteiger partial charge in [0.1, 0.15) is 17.5 Å². The molecule has 4 heteroatoms. The van der Waals surface area contributed by atoms with Gasteiger partial charge in [-0.2, -0.15) is 0 Å². The predicted octanol–water partition coefficient (Wildman–Crippen LogP) is 2.64. The summed E-state index contributed by atoms with van der Waals surface area (Å²) in [6.07, 6.45) is 2.76. The Hall–Kier alpha value is -1.32. The van der Waals surface area contributed by atoms with Gasteiger partial charge in [-0.3, -0.25) is 0 Å². The van der Waals surface area contributed by atoms with Gasteiger partial charge in [-0.1, -0.05) is 20.8 Å². The second kappa shape index (κ2) is 4.90. The molecular weight excluding hydrogens is 212 g/mol. The second-order valence-corrected chi connectivity index (χ2v) is 5.39. The van der Waals surface area contributed by atoms with Crippen molar-refractivity contribution in [3.63, 3.8) is 0 Å². The van der Waals surface area contributed by atoms with Crippen molar-refractivity contribution in [1.29, 1.82) is 0 Å². The van der Waals surface area contributed by atoms with E-state index in [2.05, 4.69) is 36.1 Å². The summed E-state index contributed by atoms with van der Waals surface area (Å²) in [5.41, 5.74) is 5.78. The Kier molecular flexibility index (Phi) is 3.50. The van der Waals surface area contributed by atoms with Crippen molar-refractivity contribution in [2.24, 2.45) is 11.8 Å². The number of nitrogens with zero attached hydrogens (tertiary/aromatic N) is 2. The van der Waals surface area contributed by atoms with Gasteiger partial charge in [0, 0.05) is 18.5 Å². The number of hydrogen-bond acceptors (Lipinski definition) is 4. The van der Waals surface area contributed by atoms with Crippen LogP contribution in [0.25, 0.3) is 0 Å². The van der Waals surface area contributed by atoms with Crippen LogP contribution in [0.5, 0.6) is 0 Å². The molecule has 0 spiro atoms. The van der Waals surface area contributed by atoms with Crippen LogP contribution < -0.4 is 11.1 Å². The third kappa shape index (κ3) is 3.32. The third-order valence-corrected chi connectivity index (χ3v) is 3.31. The molecule has 1 unspecified atom stereocenters. The molecular formula is C13H22N4. The molecule has 0 saturated heterocycles. The van der Waals surface area contributed by atoms with E-state index >= 15 is 0 Å². The van der Waals surface area contributed by atoms with Crippen molar-refractivity contribution >= 4 is 11.6 Å². The van der Waals surface area contributed by atoms with Crippen LogP contribution in [0.4, 0.5) is 11.6 Å². The van der Waals surface area contributed by atoms with E-state index in [0.29, 0.717) is 17.7 Å². The number of hydrogen-bond donors (Lipinski definition) is 2. The van der Waals surface area contributed by atoms with E-state index in [1.54, 1.807) is 0 Å². The first kappa shape index (κ1) is 12.1. The van der Waals surface area contributed by atoms with Crippen LogP contribution in [-0.4, -0.2) is 16.5 Å². The molecule has 1 aromatic rings. The van der Waals surface area contributed by atoms with Gasteiger partial charge in [-0.05, 0) is 24.7 Å². The Labute approximate surface area is 103 Å². The Bertz CT molecular complexity index is 385. The van der Waals surface area contributed by atoms with E-state index in [0.717, 1.165) is 24.1 Å². The molecule has 1 heterocycles. The summed E-state index contributed by atoms with van der Waals surface area (Å²) >= 11 is 0. The molecule has 1 aliphatic rings. The lowest BCUT2D eigenvalue weighted by Gasteiger charge is -2.13. The average Bonchev–Trinajstić information content (AvgIpc) is 3.08. The topological polar surface area (TPSA) is 63.8 Å². The number of nitrogen functional groups attached to an aromatic ring is 1. The molecule has 3 N–H and O–H groups in total. The summed E-state index contributed by atoms with van der Waals surface area (Å²) in [5.74, 6) is 4.14. The number of nitrogens with two attached hydrogens (primary N) is 1. The van der Waals surface area contributed by atoms with Crippen molar-refractivity contribution in [2.75, 3.05) is 17.6 Å². The maximum atomic E-state index is 5.78. The Balaban J connectivity index is 1.99. The van der Waals surface area contributed by atoms with E-state index in [9.17, 15) is 0 Å². The van der Waals surface area contributed by atoms with Crippen molar-refractivity contribution < 1.29 is 0 Å². The predicted molar refractivity (Wildman–Crippen MR) is 70.9 cm³/mol. The average molecular weight is 234 g/mol. The monoisotopic (exact) mass is 234 g/mol. The molecule has 4 nitrogen and oxygen atoms in total. The molecule has 94 valence electrons. The van der Waals surface area contributed by atoms with E-state index in [1.807, 2.05) is 6.07 Å². The van der Waals surface area contributed by atoms with Gasteiger partial charge >= 0.3 is 0 Å². The van der Waals surface area contributed by atoms with Crippen LogP contribution in [0.15, 0.2) is 6.07 Å². The third-order valence-electron chi connectivity index (χ3n) is 3.31. The van der Waals surface area contributed by atoms with Crippen molar-refractivity contribution in [3.8, 4) is 0 Å². The highest BCUT2D eigenvalue weighted by atomic mass is 15.1. The molecule has 0 bridgehead atoms. The summed E-state index contributed by atoms with van der Waals surface area (Å²) in [6.45, 7) is 7.41. The Morgan fingerprint density at radius 1 is 1.35 bits per heavy atom. The number of aromatic nitrogens is 2. The molecule has 2 rings (SSSR count). The molecule has 1 fully saturated rings. The fourth-order valence-electron chi connectivity index (χ4n) is 1.93. The van der Waals surface area contributed by atoms with Gasteiger partial charge in [0.25, 0.3) is 0 Å². The largest absolute Gasteiger partial charge is 0.384 e. The van der Waals surface area contributed by atoms with Crippen LogP contribution in [0.2, 0.25) is 0 Å².